The van der Waals surface area contributed by atoms with Gasteiger partial charge in [-0.15, -0.1) is 0 Å². The molecule has 0 radical (unpaired) electrons. The fourth-order valence-electron chi connectivity index (χ4n) is 1.49. The summed E-state index contributed by atoms with van der Waals surface area (Å²) in [6.45, 7) is 3.95. The maximum absolute atomic E-state index is 9.70. The minimum absolute atomic E-state index is 0.284. The van der Waals surface area contributed by atoms with E-state index in [1.807, 2.05) is 31.2 Å². The zero-order valence-corrected chi connectivity index (χ0v) is 10.7. The molecule has 2 aromatic rings. The van der Waals surface area contributed by atoms with Crippen LogP contribution in [0.1, 0.15) is 18.4 Å². The van der Waals surface area contributed by atoms with Crippen molar-refractivity contribution in [1.29, 1.82) is 0 Å². The molecule has 0 atom stereocenters. The molecule has 0 aliphatic heterocycles. The molecule has 0 bridgehead atoms. The monoisotopic (exact) mass is 246 g/mol. The van der Waals surface area contributed by atoms with Crippen molar-refractivity contribution in [2.75, 3.05) is 0 Å². The number of para-hydroxylation sites is 1. The molecular formula is C13H14N2OS. The van der Waals surface area contributed by atoms with Crippen LogP contribution in [0.5, 0.6) is 5.75 Å². The quantitative estimate of drug-likeness (QED) is 0.845. The number of hydrogen-bond acceptors (Lipinski definition) is 4. The van der Waals surface area contributed by atoms with Gasteiger partial charge in [-0.05, 0) is 31.5 Å². The van der Waals surface area contributed by atoms with Crippen LogP contribution in [0.4, 0.5) is 0 Å². The van der Waals surface area contributed by atoms with Gasteiger partial charge in [0, 0.05) is 5.69 Å². The highest BCUT2D eigenvalue weighted by Crippen LogP contribution is 2.32. The molecular weight excluding hydrogens is 232 g/mol. The number of aromatic hydroxyl groups is 1. The summed E-state index contributed by atoms with van der Waals surface area (Å²) in [5, 5.41) is 10.6. The minimum atomic E-state index is 0.284. The first-order valence-electron chi connectivity index (χ1n) is 5.49. The molecule has 1 heterocycles. The SMILES string of the molecule is CCc1cc(Sc2ccccc2O)nc(C)n1. The molecule has 0 aliphatic carbocycles. The molecule has 17 heavy (non-hydrogen) atoms. The van der Waals surface area contributed by atoms with Gasteiger partial charge in [-0.2, -0.15) is 0 Å². The second-order valence-electron chi connectivity index (χ2n) is 3.67. The van der Waals surface area contributed by atoms with Crippen LogP contribution in [-0.4, -0.2) is 15.1 Å². The third-order valence-electron chi connectivity index (χ3n) is 2.31. The predicted molar refractivity (Wildman–Crippen MR) is 68.4 cm³/mol. The second-order valence-corrected chi connectivity index (χ2v) is 4.73. The summed E-state index contributed by atoms with van der Waals surface area (Å²) < 4.78 is 0. The highest BCUT2D eigenvalue weighted by atomic mass is 32.2. The Bertz CT molecular complexity index is 529. The molecule has 0 unspecified atom stereocenters. The first kappa shape index (κ1) is 11.9. The molecule has 4 heteroatoms. The van der Waals surface area contributed by atoms with E-state index in [2.05, 4.69) is 16.9 Å². The van der Waals surface area contributed by atoms with Gasteiger partial charge in [-0.1, -0.05) is 30.8 Å². The van der Waals surface area contributed by atoms with Gasteiger partial charge in [0.2, 0.25) is 0 Å². The Morgan fingerprint density at radius 2 is 2.00 bits per heavy atom. The lowest BCUT2D eigenvalue weighted by molar-refractivity contribution is 0.462. The summed E-state index contributed by atoms with van der Waals surface area (Å²) in [5.41, 5.74) is 1.02. The molecule has 1 aromatic carbocycles. The minimum Gasteiger partial charge on any atom is -0.507 e. The summed E-state index contributed by atoms with van der Waals surface area (Å²) in [6.07, 6.45) is 0.887. The second kappa shape index (κ2) is 5.19. The number of phenols is 1. The zero-order chi connectivity index (χ0) is 12.3. The van der Waals surface area contributed by atoms with E-state index in [1.54, 1.807) is 6.07 Å². The van der Waals surface area contributed by atoms with Gasteiger partial charge in [-0.3, -0.25) is 0 Å². The van der Waals surface area contributed by atoms with Gasteiger partial charge in [0.25, 0.3) is 0 Å². The average molecular weight is 246 g/mol. The van der Waals surface area contributed by atoms with Crippen LogP contribution >= 0.6 is 11.8 Å². The molecule has 0 spiro atoms. The fourth-order valence-corrected chi connectivity index (χ4v) is 2.41. The Morgan fingerprint density at radius 3 is 2.71 bits per heavy atom. The van der Waals surface area contributed by atoms with Crippen LogP contribution in [0.25, 0.3) is 0 Å². The predicted octanol–water partition coefficient (Wildman–Crippen LogP) is 3.20. The molecule has 0 saturated carbocycles. The molecule has 0 amide bonds. The average Bonchev–Trinajstić information content (AvgIpc) is 2.31. The van der Waals surface area contributed by atoms with Gasteiger partial charge in [0.15, 0.2) is 0 Å². The summed E-state index contributed by atoms with van der Waals surface area (Å²) in [7, 11) is 0. The first-order valence-corrected chi connectivity index (χ1v) is 6.31. The highest BCUT2D eigenvalue weighted by Gasteiger charge is 2.06. The Balaban J connectivity index is 2.30. The van der Waals surface area contributed by atoms with Crippen LogP contribution in [0.15, 0.2) is 40.3 Å². The first-order chi connectivity index (χ1) is 8.19. The Kier molecular flexibility index (Phi) is 3.64. The number of hydrogen-bond donors (Lipinski definition) is 1. The summed E-state index contributed by atoms with van der Waals surface area (Å²) in [4.78, 5) is 9.50. The molecule has 1 aromatic heterocycles. The lowest BCUT2D eigenvalue weighted by atomic mass is 10.3. The normalized spacial score (nSPS) is 10.5. The fraction of sp³-hybridized carbons (Fsp3) is 0.231. The van der Waals surface area contributed by atoms with E-state index in [1.165, 1.54) is 11.8 Å². The number of rotatable bonds is 3. The molecule has 0 aliphatic rings. The van der Waals surface area contributed by atoms with Crippen LogP contribution in [0, 0.1) is 6.92 Å². The topological polar surface area (TPSA) is 46.0 Å². The number of aromatic nitrogens is 2. The maximum Gasteiger partial charge on any atom is 0.129 e. The van der Waals surface area contributed by atoms with E-state index in [-0.39, 0.29) is 5.75 Å². The Hall–Kier alpha value is -1.55. The van der Waals surface area contributed by atoms with Crippen LogP contribution < -0.4 is 0 Å². The van der Waals surface area contributed by atoms with Crippen molar-refractivity contribution >= 4 is 11.8 Å². The van der Waals surface area contributed by atoms with E-state index in [0.29, 0.717) is 0 Å². The van der Waals surface area contributed by atoms with Crippen molar-refractivity contribution in [2.45, 2.75) is 30.2 Å². The standard InChI is InChI=1S/C13H14N2OS/c1-3-10-8-13(15-9(2)14-10)17-12-7-5-4-6-11(12)16/h4-8,16H,3H2,1-2H3. The van der Waals surface area contributed by atoms with E-state index in [4.69, 9.17) is 0 Å². The third kappa shape index (κ3) is 2.97. The number of phenolic OH excluding ortho intramolecular Hbond substituents is 1. The zero-order valence-electron chi connectivity index (χ0n) is 9.84. The van der Waals surface area contributed by atoms with Gasteiger partial charge >= 0.3 is 0 Å². The molecule has 88 valence electrons. The van der Waals surface area contributed by atoms with Gasteiger partial charge < -0.3 is 5.11 Å². The van der Waals surface area contributed by atoms with Crippen molar-refractivity contribution in [3.8, 4) is 5.75 Å². The van der Waals surface area contributed by atoms with Crippen molar-refractivity contribution < 1.29 is 5.11 Å². The lowest BCUT2D eigenvalue weighted by Gasteiger charge is -2.05. The number of benzene rings is 1. The molecule has 0 fully saturated rings. The number of aryl methyl sites for hydroxylation is 2. The summed E-state index contributed by atoms with van der Waals surface area (Å²) >= 11 is 1.46. The van der Waals surface area contributed by atoms with Crippen molar-refractivity contribution in [1.82, 2.24) is 9.97 Å². The lowest BCUT2D eigenvalue weighted by Crippen LogP contribution is -1.95. The Labute approximate surface area is 105 Å². The maximum atomic E-state index is 9.70. The van der Waals surface area contributed by atoms with Crippen molar-refractivity contribution in [3.05, 3.63) is 41.9 Å². The largest absolute Gasteiger partial charge is 0.507 e. The molecule has 1 N–H and O–H groups in total. The molecule has 3 nitrogen and oxygen atoms in total. The molecule has 0 saturated heterocycles. The van der Waals surface area contributed by atoms with E-state index in [9.17, 15) is 5.11 Å². The van der Waals surface area contributed by atoms with Gasteiger partial charge in [0.05, 0.1) is 4.90 Å². The van der Waals surface area contributed by atoms with Crippen LogP contribution in [0.3, 0.4) is 0 Å². The smallest absolute Gasteiger partial charge is 0.129 e. The van der Waals surface area contributed by atoms with Crippen molar-refractivity contribution in [3.63, 3.8) is 0 Å². The van der Waals surface area contributed by atoms with E-state index in [0.717, 1.165) is 27.9 Å². The highest BCUT2D eigenvalue weighted by molar-refractivity contribution is 7.99. The van der Waals surface area contributed by atoms with Crippen LogP contribution in [0.2, 0.25) is 0 Å². The van der Waals surface area contributed by atoms with E-state index >= 15 is 0 Å². The number of nitrogens with zero attached hydrogens (tertiary/aromatic N) is 2. The summed E-state index contributed by atoms with van der Waals surface area (Å²) in [5.74, 6) is 1.05. The molecule has 2 rings (SSSR count). The van der Waals surface area contributed by atoms with Gasteiger partial charge in [-0.25, -0.2) is 9.97 Å². The Morgan fingerprint density at radius 1 is 1.24 bits per heavy atom. The van der Waals surface area contributed by atoms with Crippen LogP contribution in [-0.2, 0) is 6.42 Å². The van der Waals surface area contributed by atoms with E-state index < -0.39 is 0 Å². The van der Waals surface area contributed by atoms with Crippen molar-refractivity contribution in [2.24, 2.45) is 0 Å². The summed E-state index contributed by atoms with van der Waals surface area (Å²) in [6, 6.07) is 9.23. The third-order valence-corrected chi connectivity index (χ3v) is 3.29. The van der Waals surface area contributed by atoms with Gasteiger partial charge in [0.1, 0.15) is 16.6 Å².